The maximum Gasteiger partial charge on any atom is 0.306 e. The highest BCUT2D eigenvalue weighted by atomic mass is 16.4. The van der Waals surface area contributed by atoms with Crippen molar-refractivity contribution in [1.82, 2.24) is 0 Å². The maximum absolute atomic E-state index is 10.9. The highest BCUT2D eigenvalue weighted by Gasteiger charge is 2.18. The van der Waals surface area contributed by atoms with Crippen molar-refractivity contribution in [1.29, 1.82) is 0 Å². The average Bonchev–Trinajstić information content (AvgIpc) is 2.15. The molecule has 5 N–H and O–H groups in total. The van der Waals surface area contributed by atoms with Crippen molar-refractivity contribution < 1.29 is 9.90 Å². The lowest BCUT2D eigenvalue weighted by Gasteiger charge is -2.12. The van der Waals surface area contributed by atoms with Crippen LogP contribution in [0.15, 0.2) is 5.10 Å². The van der Waals surface area contributed by atoms with Gasteiger partial charge in [-0.1, -0.05) is 26.7 Å². The molecule has 0 spiro atoms. The van der Waals surface area contributed by atoms with Gasteiger partial charge in [-0.05, 0) is 12.3 Å². The number of nitrogens with two attached hydrogens (primary N) is 2. The fourth-order valence-electron chi connectivity index (χ4n) is 1.39. The topological polar surface area (TPSA) is 102 Å². The molecule has 0 rings (SSSR count). The molecule has 15 heavy (non-hydrogen) atoms. The second-order valence-corrected chi connectivity index (χ2v) is 4.18. The molecule has 0 aliphatic rings. The molecule has 0 aliphatic carbocycles. The lowest BCUT2D eigenvalue weighted by Crippen LogP contribution is -2.24. The fraction of sp³-hybridized carbons (Fsp3) is 0.800. The molecular formula is C10H21N3O2. The van der Waals surface area contributed by atoms with Crippen LogP contribution in [-0.2, 0) is 4.79 Å². The Labute approximate surface area is 90.5 Å². The summed E-state index contributed by atoms with van der Waals surface area (Å²) in [6, 6.07) is 0. The summed E-state index contributed by atoms with van der Waals surface area (Å²) in [6.45, 7) is 4.23. The molecule has 1 atom stereocenters. The van der Waals surface area contributed by atoms with Gasteiger partial charge in [-0.2, -0.15) is 5.10 Å². The van der Waals surface area contributed by atoms with Crippen molar-refractivity contribution >= 4 is 11.8 Å². The molecule has 0 aromatic heterocycles. The van der Waals surface area contributed by atoms with Crippen molar-refractivity contribution in [3.05, 3.63) is 0 Å². The summed E-state index contributed by atoms with van der Waals surface area (Å²) in [6.07, 6.45) is 2.80. The monoisotopic (exact) mass is 215 g/mol. The lowest BCUT2D eigenvalue weighted by molar-refractivity contribution is -0.141. The van der Waals surface area contributed by atoms with E-state index in [0.717, 1.165) is 12.8 Å². The Morgan fingerprint density at radius 3 is 2.40 bits per heavy atom. The molecule has 88 valence electrons. The van der Waals surface area contributed by atoms with Gasteiger partial charge in [0.1, 0.15) is 5.84 Å². The molecule has 5 nitrogen and oxygen atoms in total. The van der Waals surface area contributed by atoms with Gasteiger partial charge in [0.2, 0.25) is 0 Å². The van der Waals surface area contributed by atoms with E-state index in [2.05, 4.69) is 18.9 Å². The predicted octanol–water partition coefficient (Wildman–Crippen LogP) is 1.13. The van der Waals surface area contributed by atoms with Gasteiger partial charge >= 0.3 is 5.97 Å². The van der Waals surface area contributed by atoms with Crippen LogP contribution in [0.2, 0.25) is 0 Å². The number of carboxylic acids is 1. The van der Waals surface area contributed by atoms with Crippen LogP contribution < -0.4 is 11.6 Å². The standard InChI is InChI=1S/C10H21N3O2/c1-7(2)4-3-5-8(10(14)15)6-9(11)13-12/h7-8H,3-6,12H2,1-2H3,(H2,11,13)(H,14,15). The number of hydrogen-bond acceptors (Lipinski definition) is 3. The second-order valence-electron chi connectivity index (χ2n) is 4.18. The Bertz CT molecular complexity index is 227. The van der Waals surface area contributed by atoms with Gasteiger partial charge in [-0.25, -0.2) is 0 Å². The molecule has 5 heteroatoms. The van der Waals surface area contributed by atoms with E-state index in [4.69, 9.17) is 16.7 Å². The predicted molar refractivity (Wildman–Crippen MR) is 60.2 cm³/mol. The molecule has 0 aromatic rings. The zero-order chi connectivity index (χ0) is 11.8. The Morgan fingerprint density at radius 2 is 2.00 bits per heavy atom. The zero-order valence-electron chi connectivity index (χ0n) is 9.44. The van der Waals surface area contributed by atoms with Gasteiger partial charge < -0.3 is 16.7 Å². The molecule has 0 saturated carbocycles. The van der Waals surface area contributed by atoms with Gasteiger partial charge in [0.25, 0.3) is 0 Å². The first-order valence-electron chi connectivity index (χ1n) is 5.22. The largest absolute Gasteiger partial charge is 0.481 e. The van der Waals surface area contributed by atoms with Gasteiger partial charge in [0.15, 0.2) is 0 Å². The molecule has 0 aromatic carbocycles. The molecule has 0 amide bonds. The first-order chi connectivity index (χ1) is 6.97. The number of hydrazone groups is 1. The first-order valence-corrected chi connectivity index (χ1v) is 5.22. The van der Waals surface area contributed by atoms with Gasteiger partial charge in [-0.3, -0.25) is 4.79 Å². The van der Waals surface area contributed by atoms with Crippen molar-refractivity contribution in [2.45, 2.75) is 39.5 Å². The zero-order valence-corrected chi connectivity index (χ0v) is 9.44. The van der Waals surface area contributed by atoms with E-state index in [1.54, 1.807) is 0 Å². The molecular weight excluding hydrogens is 194 g/mol. The van der Waals surface area contributed by atoms with Crippen LogP contribution in [0.4, 0.5) is 0 Å². The van der Waals surface area contributed by atoms with E-state index in [1.807, 2.05) is 0 Å². The summed E-state index contributed by atoms with van der Waals surface area (Å²) in [5, 5.41) is 12.2. The van der Waals surface area contributed by atoms with E-state index < -0.39 is 11.9 Å². The lowest BCUT2D eigenvalue weighted by atomic mass is 9.95. The van der Waals surface area contributed by atoms with Crippen LogP contribution in [0.3, 0.4) is 0 Å². The van der Waals surface area contributed by atoms with Crippen LogP contribution in [0, 0.1) is 11.8 Å². The molecule has 0 heterocycles. The Kier molecular flexibility index (Phi) is 6.49. The SMILES string of the molecule is CC(C)CCCC(C/C(N)=N/N)C(=O)O. The van der Waals surface area contributed by atoms with Crippen LogP contribution in [0.25, 0.3) is 0 Å². The number of nitrogens with zero attached hydrogens (tertiary/aromatic N) is 1. The van der Waals surface area contributed by atoms with E-state index in [-0.39, 0.29) is 12.3 Å². The van der Waals surface area contributed by atoms with E-state index >= 15 is 0 Å². The highest BCUT2D eigenvalue weighted by molar-refractivity contribution is 5.84. The summed E-state index contributed by atoms with van der Waals surface area (Å²) < 4.78 is 0. The first kappa shape index (κ1) is 13.7. The summed E-state index contributed by atoms with van der Waals surface area (Å²) in [4.78, 5) is 10.9. The molecule has 0 radical (unpaired) electrons. The Hall–Kier alpha value is -1.26. The summed E-state index contributed by atoms with van der Waals surface area (Å²) in [7, 11) is 0. The van der Waals surface area contributed by atoms with Crippen LogP contribution in [0.1, 0.15) is 39.5 Å². The quantitative estimate of drug-likeness (QED) is 0.256. The summed E-state index contributed by atoms with van der Waals surface area (Å²) >= 11 is 0. The number of aliphatic carboxylic acids is 1. The van der Waals surface area contributed by atoms with Crippen molar-refractivity contribution in [3.8, 4) is 0 Å². The van der Waals surface area contributed by atoms with Crippen LogP contribution >= 0.6 is 0 Å². The number of amidine groups is 1. The third-order valence-corrected chi connectivity index (χ3v) is 2.30. The minimum atomic E-state index is -0.828. The maximum atomic E-state index is 10.9. The third kappa shape index (κ3) is 6.76. The van der Waals surface area contributed by atoms with Crippen LogP contribution in [-0.4, -0.2) is 16.9 Å². The number of carboxylic acid groups (broad SMARTS) is 1. The van der Waals surface area contributed by atoms with Crippen molar-refractivity contribution in [2.75, 3.05) is 0 Å². The van der Waals surface area contributed by atoms with Crippen LogP contribution in [0.5, 0.6) is 0 Å². The normalized spacial score (nSPS) is 14.2. The molecule has 0 bridgehead atoms. The van der Waals surface area contributed by atoms with Gasteiger partial charge in [-0.15, -0.1) is 0 Å². The minimum absolute atomic E-state index is 0.201. The Morgan fingerprint density at radius 1 is 1.40 bits per heavy atom. The number of hydrogen-bond donors (Lipinski definition) is 3. The summed E-state index contributed by atoms with van der Waals surface area (Å²) in [5.41, 5.74) is 5.40. The van der Waals surface area contributed by atoms with Crippen molar-refractivity contribution in [3.63, 3.8) is 0 Å². The molecule has 0 saturated heterocycles. The Balaban J connectivity index is 4.00. The molecule has 1 unspecified atom stereocenters. The smallest absolute Gasteiger partial charge is 0.306 e. The van der Waals surface area contributed by atoms with E-state index in [0.29, 0.717) is 12.3 Å². The minimum Gasteiger partial charge on any atom is -0.481 e. The number of rotatable bonds is 7. The number of carbonyl (C=O) groups is 1. The fourth-order valence-corrected chi connectivity index (χ4v) is 1.39. The highest BCUT2D eigenvalue weighted by Crippen LogP contribution is 2.15. The molecule has 0 aliphatic heterocycles. The average molecular weight is 215 g/mol. The van der Waals surface area contributed by atoms with E-state index in [9.17, 15) is 4.79 Å². The van der Waals surface area contributed by atoms with Gasteiger partial charge in [0, 0.05) is 6.42 Å². The third-order valence-electron chi connectivity index (χ3n) is 2.30. The summed E-state index contributed by atoms with van der Waals surface area (Å²) in [5.74, 6) is 4.48. The molecule has 0 fully saturated rings. The van der Waals surface area contributed by atoms with Gasteiger partial charge in [0.05, 0.1) is 5.92 Å². The second kappa shape index (κ2) is 7.09. The van der Waals surface area contributed by atoms with Crippen molar-refractivity contribution in [2.24, 2.45) is 28.5 Å². The van der Waals surface area contributed by atoms with E-state index in [1.165, 1.54) is 0 Å².